The van der Waals surface area contributed by atoms with E-state index in [0.29, 0.717) is 11.5 Å². The SMILES string of the molecule is CC(=O)Cc1cc(-c2ccc(O)c(C)c2)no1. The number of benzene rings is 1. The van der Waals surface area contributed by atoms with Crippen molar-refractivity contribution in [2.24, 2.45) is 0 Å². The number of phenols is 1. The molecule has 88 valence electrons. The molecule has 2 aromatic rings. The van der Waals surface area contributed by atoms with Gasteiger partial charge in [0.15, 0.2) is 0 Å². The van der Waals surface area contributed by atoms with Crippen molar-refractivity contribution in [3.63, 3.8) is 0 Å². The quantitative estimate of drug-likeness (QED) is 0.881. The Balaban J connectivity index is 2.30. The van der Waals surface area contributed by atoms with E-state index < -0.39 is 0 Å². The lowest BCUT2D eigenvalue weighted by Gasteiger charge is -2.00. The minimum Gasteiger partial charge on any atom is -0.508 e. The Kier molecular flexibility index (Phi) is 2.95. The summed E-state index contributed by atoms with van der Waals surface area (Å²) in [5.41, 5.74) is 2.31. The molecule has 0 aliphatic rings. The van der Waals surface area contributed by atoms with Gasteiger partial charge in [-0.3, -0.25) is 4.79 Å². The molecule has 0 unspecified atom stereocenters. The molecule has 0 fully saturated rings. The van der Waals surface area contributed by atoms with Crippen molar-refractivity contribution in [3.8, 4) is 17.0 Å². The van der Waals surface area contributed by atoms with Crippen molar-refractivity contribution in [3.05, 3.63) is 35.6 Å². The highest BCUT2D eigenvalue weighted by atomic mass is 16.5. The maximum absolute atomic E-state index is 10.9. The largest absolute Gasteiger partial charge is 0.508 e. The van der Waals surface area contributed by atoms with Gasteiger partial charge >= 0.3 is 0 Å². The molecule has 1 heterocycles. The van der Waals surface area contributed by atoms with Crippen molar-refractivity contribution in [1.82, 2.24) is 5.16 Å². The molecule has 17 heavy (non-hydrogen) atoms. The molecule has 0 bridgehead atoms. The van der Waals surface area contributed by atoms with Crippen LogP contribution in [0.2, 0.25) is 0 Å². The molecule has 0 aliphatic heterocycles. The number of nitrogens with zero attached hydrogens (tertiary/aromatic N) is 1. The summed E-state index contributed by atoms with van der Waals surface area (Å²) in [5, 5.41) is 13.3. The standard InChI is InChI=1S/C13H13NO3/c1-8-5-10(3-4-13(8)16)12-7-11(17-14-12)6-9(2)15/h3-5,7,16H,6H2,1-2H3. The Labute approximate surface area is 98.9 Å². The smallest absolute Gasteiger partial charge is 0.144 e. The fourth-order valence-electron chi connectivity index (χ4n) is 1.59. The summed E-state index contributed by atoms with van der Waals surface area (Å²) in [5.74, 6) is 0.842. The number of phenolic OH excluding ortho intramolecular Hbond substituents is 1. The first-order valence-electron chi connectivity index (χ1n) is 5.31. The molecule has 0 aliphatic carbocycles. The molecule has 4 nitrogen and oxygen atoms in total. The van der Waals surface area contributed by atoms with E-state index in [1.807, 2.05) is 13.0 Å². The predicted molar refractivity (Wildman–Crippen MR) is 62.7 cm³/mol. The third kappa shape index (κ3) is 2.53. The number of Topliss-reactive ketones (excluding diaryl/α,β-unsaturated/α-hetero) is 1. The number of hydrogen-bond donors (Lipinski definition) is 1. The second-order valence-electron chi connectivity index (χ2n) is 4.06. The van der Waals surface area contributed by atoms with Crippen molar-refractivity contribution in [2.45, 2.75) is 20.3 Å². The summed E-state index contributed by atoms with van der Waals surface area (Å²) in [6.45, 7) is 3.32. The van der Waals surface area contributed by atoms with Crippen LogP contribution in [0.25, 0.3) is 11.3 Å². The molecule has 0 spiro atoms. The first-order valence-corrected chi connectivity index (χ1v) is 5.31. The van der Waals surface area contributed by atoms with Crippen LogP contribution in [0.15, 0.2) is 28.8 Å². The van der Waals surface area contributed by atoms with Gasteiger partial charge in [-0.25, -0.2) is 0 Å². The summed E-state index contributed by atoms with van der Waals surface area (Å²) in [4.78, 5) is 10.9. The molecule has 0 saturated heterocycles. The number of carbonyl (C=O) groups is 1. The topological polar surface area (TPSA) is 63.3 Å². The highest BCUT2D eigenvalue weighted by Gasteiger charge is 2.09. The van der Waals surface area contributed by atoms with Gasteiger partial charge in [0.2, 0.25) is 0 Å². The number of rotatable bonds is 3. The Hall–Kier alpha value is -2.10. The normalized spacial score (nSPS) is 10.5. The lowest BCUT2D eigenvalue weighted by molar-refractivity contribution is -0.116. The van der Waals surface area contributed by atoms with E-state index in [9.17, 15) is 9.90 Å². The molecule has 0 saturated carbocycles. The second kappa shape index (κ2) is 4.41. The minimum absolute atomic E-state index is 0.0367. The van der Waals surface area contributed by atoms with Gasteiger partial charge in [0.1, 0.15) is 23.0 Å². The Bertz CT molecular complexity index is 558. The Morgan fingerprint density at radius 3 is 2.82 bits per heavy atom. The van der Waals surface area contributed by atoms with Crippen LogP contribution in [-0.2, 0) is 11.2 Å². The third-order valence-electron chi connectivity index (χ3n) is 2.47. The van der Waals surface area contributed by atoms with E-state index in [1.165, 1.54) is 6.92 Å². The number of carbonyl (C=O) groups excluding carboxylic acids is 1. The van der Waals surface area contributed by atoms with Crippen molar-refractivity contribution in [2.75, 3.05) is 0 Å². The van der Waals surface area contributed by atoms with E-state index in [-0.39, 0.29) is 18.0 Å². The van der Waals surface area contributed by atoms with E-state index in [1.54, 1.807) is 18.2 Å². The molecule has 2 rings (SSSR count). The first kappa shape index (κ1) is 11.4. The Morgan fingerprint density at radius 2 is 2.18 bits per heavy atom. The number of aromatic nitrogens is 1. The van der Waals surface area contributed by atoms with Gasteiger partial charge in [-0.1, -0.05) is 5.16 Å². The molecule has 0 atom stereocenters. The summed E-state index contributed by atoms with van der Waals surface area (Å²) in [6.07, 6.45) is 0.254. The lowest BCUT2D eigenvalue weighted by Crippen LogP contribution is -1.93. The number of aromatic hydroxyl groups is 1. The van der Waals surface area contributed by atoms with Gasteiger partial charge in [-0.05, 0) is 37.6 Å². The molecule has 0 radical (unpaired) electrons. The Morgan fingerprint density at radius 1 is 1.41 bits per heavy atom. The third-order valence-corrected chi connectivity index (χ3v) is 2.47. The highest BCUT2D eigenvalue weighted by molar-refractivity contribution is 5.78. The van der Waals surface area contributed by atoms with Gasteiger partial charge < -0.3 is 9.63 Å². The molecule has 4 heteroatoms. The lowest BCUT2D eigenvalue weighted by atomic mass is 10.1. The van der Waals surface area contributed by atoms with Gasteiger partial charge in [0, 0.05) is 11.6 Å². The number of hydrogen-bond acceptors (Lipinski definition) is 4. The van der Waals surface area contributed by atoms with E-state index in [0.717, 1.165) is 11.1 Å². The molecule has 1 aromatic heterocycles. The average Bonchev–Trinajstić information content (AvgIpc) is 2.69. The fraction of sp³-hybridized carbons (Fsp3) is 0.231. The minimum atomic E-state index is 0.0367. The van der Waals surface area contributed by atoms with Crippen LogP contribution < -0.4 is 0 Å². The van der Waals surface area contributed by atoms with Crippen LogP contribution in [0.3, 0.4) is 0 Å². The summed E-state index contributed by atoms with van der Waals surface area (Å²) in [6, 6.07) is 6.94. The van der Waals surface area contributed by atoms with E-state index in [2.05, 4.69) is 5.16 Å². The van der Waals surface area contributed by atoms with Crippen LogP contribution in [-0.4, -0.2) is 16.0 Å². The van der Waals surface area contributed by atoms with Crippen molar-refractivity contribution < 1.29 is 14.4 Å². The summed E-state index contributed by atoms with van der Waals surface area (Å²) < 4.78 is 5.07. The fourth-order valence-corrected chi connectivity index (χ4v) is 1.59. The molecule has 1 N–H and O–H groups in total. The second-order valence-corrected chi connectivity index (χ2v) is 4.06. The monoisotopic (exact) mass is 231 g/mol. The van der Waals surface area contributed by atoms with Crippen molar-refractivity contribution in [1.29, 1.82) is 0 Å². The maximum atomic E-state index is 10.9. The van der Waals surface area contributed by atoms with Gasteiger partial charge in [-0.2, -0.15) is 0 Å². The van der Waals surface area contributed by atoms with Gasteiger partial charge in [0.25, 0.3) is 0 Å². The molecular formula is C13H13NO3. The predicted octanol–water partition coefficient (Wildman–Crippen LogP) is 2.49. The molecule has 1 aromatic carbocycles. The zero-order valence-electron chi connectivity index (χ0n) is 9.73. The van der Waals surface area contributed by atoms with Gasteiger partial charge in [-0.15, -0.1) is 0 Å². The summed E-state index contributed by atoms with van der Waals surface area (Å²) >= 11 is 0. The van der Waals surface area contributed by atoms with Crippen LogP contribution in [0.5, 0.6) is 5.75 Å². The average molecular weight is 231 g/mol. The van der Waals surface area contributed by atoms with Crippen LogP contribution in [0.1, 0.15) is 18.2 Å². The zero-order chi connectivity index (χ0) is 12.4. The van der Waals surface area contributed by atoms with E-state index in [4.69, 9.17) is 4.52 Å². The van der Waals surface area contributed by atoms with E-state index >= 15 is 0 Å². The number of aryl methyl sites for hydroxylation is 1. The molecular weight excluding hydrogens is 218 g/mol. The van der Waals surface area contributed by atoms with Crippen LogP contribution in [0, 0.1) is 6.92 Å². The highest BCUT2D eigenvalue weighted by Crippen LogP contribution is 2.25. The summed E-state index contributed by atoms with van der Waals surface area (Å²) in [7, 11) is 0. The van der Waals surface area contributed by atoms with Crippen LogP contribution in [0.4, 0.5) is 0 Å². The zero-order valence-corrected chi connectivity index (χ0v) is 9.73. The van der Waals surface area contributed by atoms with Gasteiger partial charge in [0.05, 0.1) is 6.42 Å². The molecule has 0 amide bonds. The van der Waals surface area contributed by atoms with Crippen molar-refractivity contribution >= 4 is 5.78 Å². The van der Waals surface area contributed by atoms with Crippen LogP contribution >= 0.6 is 0 Å². The number of ketones is 1. The first-order chi connectivity index (χ1) is 8.06. The maximum Gasteiger partial charge on any atom is 0.144 e.